The molecule has 1 aliphatic heterocycles. The molecule has 4 rings (SSSR count). The summed E-state index contributed by atoms with van der Waals surface area (Å²) in [4.78, 5) is 19.2. The number of nitrogens with zero attached hydrogens (tertiary/aromatic N) is 2. The van der Waals surface area contributed by atoms with Crippen molar-refractivity contribution in [2.75, 3.05) is 11.9 Å². The zero-order valence-electron chi connectivity index (χ0n) is 15.6. The molecule has 3 aromatic rings. The van der Waals surface area contributed by atoms with Crippen LogP contribution in [0.3, 0.4) is 0 Å². The quantitative estimate of drug-likeness (QED) is 0.566. The Hall–Kier alpha value is -2.79. The largest absolute Gasteiger partial charge is 0.322 e. The maximum atomic E-state index is 12.9. The molecule has 1 N–H and O–H groups in total. The van der Waals surface area contributed by atoms with Crippen LogP contribution in [0.5, 0.6) is 0 Å². The average molecular weight is 390 g/mol. The Bertz CT molecular complexity index is 917. The fourth-order valence-electron chi connectivity index (χ4n) is 3.56. The van der Waals surface area contributed by atoms with Gasteiger partial charge < -0.3 is 10.2 Å². The average Bonchev–Trinajstić information content (AvgIpc) is 3.24. The minimum atomic E-state index is -0.0270. The van der Waals surface area contributed by atoms with Gasteiger partial charge in [0.15, 0.2) is 0 Å². The van der Waals surface area contributed by atoms with Crippen LogP contribution in [0, 0.1) is 0 Å². The van der Waals surface area contributed by atoms with Crippen LogP contribution in [0.2, 0.25) is 0 Å². The molecule has 1 fully saturated rings. The fourth-order valence-corrected chi connectivity index (χ4v) is 4.36. The number of aromatic nitrogens is 1. The summed E-state index contributed by atoms with van der Waals surface area (Å²) in [7, 11) is 0. The van der Waals surface area contributed by atoms with Gasteiger partial charge in [-0.25, -0.2) is 9.78 Å². The highest BCUT2D eigenvalue weighted by atomic mass is 32.2. The second kappa shape index (κ2) is 8.93. The number of amides is 2. The number of thioether (sulfide) groups is 1. The van der Waals surface area contributed by atoms with Crippen LogP contribution in [0.1, 0.15) is 30.0 Å². The van der Waals surface area contributed by atoms with Crippen molar-refractivity contribution < 1.29 is 4.79 Å². The van der Waals surface area contributed by atoms with Crippen molar-refractivity contribution in [3.05, 3.63) is 90.1 Å². The van der Waals surface area contributed by atoms with Crippen molar-refractivity contribution in [3.8, 4) is 0 Å². The number of benzene rings is 2. The third-order valence-electron chi connectivity index (χ3n) is 4.90. The van der Waals surface area contributed by atoms with Crippen LogP contribution in [0.25, 0.3) is 0 Å². The molecule has 2 aromatic carbocycles. The lowest BCUT2D eigenvalue weighted by atomic mass is 10.1. The minimum absolute atomic E-state index is 0.0270. The maximum Gasteiger partial charge on any atom is 0.322 e. The first-order chi connectivity index (χ1) is 13.8. The van der Waals surface area contributed by atoms with E-state index >= 15 is 0 Å². The number of pyridine rings is 1. The molecule has 0 aliphatic carbocycles. The lowest BCUT2D eigenvalue weighted by molar-refractivity contribution is 0.207. The number of nitrogens with one attached hydrogen (secondary N) is 1. The van der Waals surface area contributed by atoms with Crippen LogP contribution in [0.4, 0.5) is 10.5 Å². The topological polar surface area (TPSA) is 45.2 Å². The Labute approximate surface area is 170 Å². The van der Waals surface area contributed by atoms with Gasteiger partial charge in [0.1, 0.15) is 0 Å². The summed E-state index contributed by atoms with van der Waals surface area (Å²) in [6.45, 7) is 0.792. The first kappa shape index (κ1) is 18.6. The number of anilines is 1. The van der Waals surface area contributed by atoms with Crippen LogP contribution >= 0.6 is 11.8 Å². The van der Waals surface area contributed by atoms with Crippen molar-refractivity contribution in [1.82, 2.24) is 9.88 Å². The third-order valence-corrected chi connectivity index (χ3v) is 5.92. The number of likely N-dealkylation sites (tertiary alicyclic amines) is 1. The lowest BCUT2D eigenvalue weighted by Gasteiger charge is -2.25. The molecule has 1 aliphatic rings. The van der Waals surface area contributed by atoms with E-state index in [0.29, 0.717) is 0 Å². The predicted octanol–water partition coefficient (Wildman–Crippen LogP) is 5.74. The molecule has 0 saturated carbocycles. The minimum Gasteiger partial charge on any atom is -0.317 e. The molecule has 142 valence electrons. The van der Waals surface area contributed by atoms with Gasteiger partial charge in [-0.1, -0.05) is 48.5 Å². The van der Waals surface area contributed by atoms with Crippen molar-refractivity contribution in [2.45, 2.75) is 29.7 Å². The van der Waals surface area contributed by atoms with E-state index < -0.39 is 0 Å². The maximum absolute atomic E-state index is 12.9. The Balaban J connectivity index is 1.40. The first-order valence-corrected chi connectivity index (χ1v) is 10.5. The molecule has 2 amide bonds. The van der Waals surface area contributed by atoms with Gasteiger partial charge >= 0.3 is 6.03 Å². The van der Waals surface area contributed by atoms with E-state index in [1.54, 1.807) is 18.0 Å². The van der Waals surface area contributed by atoms with Crippen molar-refractivity contribution in [2.24, 2.45) is 0 Å². The Morgan fingerprint density at radius 2 is 1.93 bits per heavy atom. The van der Waals surface area contributed by atoms with E-state index in [9.17, 15) is 4.79 Å². The summed E-state index contributed by atoms with van der Waals surface area (Å²) in [5, 5.41) is 4.08. The highest BCUT2D eigenvalue weighted by Crippen LogP contribution is 2.32. The standard InChI is InChI=1S/C23H23N3OS/c27-23(26-15-7-12-21(26)19-9-2-1-3-10-19)25-20-11-6-8-18(16-20)17-28-22-13-4-5-14-24-22/h1-6,8-11,13-14,16,21H,7,12,15,17H2,(H,25,27). The molecule has 0 bridgehead atoms. The summed E-state index contributed by atoms with van der Waals surface area (Å²) < 4.78 is 0. The summed E-state index contributed by atoms with van der Waals surface area (Å²) in [6.07, 6.45) is 3.85. The molecule has 1 aromatic heterocycles. The van der Waals surface area contributed by atoms with Gasteiger partial charge in [-0.3, -0.25) is 0 Å². The molecular weight excluding hydrogens is 366 g/mol. The normalized spacial score (nSPS) is 16.1. The van der Waals surface area contributed by atoms with Crippen LogP contribution in [-0.2, 0) is 5.75 Å². The summed E-state index contributed by atoms with van der Waals surface area (Å²) in [5.41, 5.74) is 3.20. The summed E-state index contributed by atoms with van der Waals surface area (Å²) in [6, 6.07) is 24.4. The zero-order chi connectivity index (χ0) is 19.2. The Morgan fingerprint density at radius 1 is 1.07 bits per heavy atom. The van der Waals surface area contributed by atoms with E-state index in [1.807, 2.05) is 59.5 Å². The van der Waals surface area contributed by atoms with E-state index in [2.05, 4.69) is 28.5 Å². The second-order valence-corrected chi connectivity index (χ2v) is 7.84. The number of hydrogen-bond donors (Lipinski definition) is 1. The van der Waals surface area contributed by atoms with Crippen molar-refractivity contribution in [3.63, 3.8) is 0 Å². The molecule has 1 unspecified atom stereocenters. The summed E-state index contributed by atoms with van der Waals surface area (Å²) >= 11 is 1.69. The van der Waals surface area contributed by atoms with Gasteiger partial charge in [0, 0.05) is 24.2 Å². The number of carbonyl (C=O) groups excluding carboxylic acids is 1. The van der Waals surface area contributed by atoms with E-state index in [1.165, 1.54) is 5.56 Å². The van der Waals surface area contributed by atoms with Crippen molar-refractivity contribution >= 4 is 23.5 Å². The number of hydrogen-bond acceptors (Lipinski definition) is 3. The van der Waals surface area contributed by atoms with Gasteiger partial charge in [-0.05, 0) is 48.2 Å². The fraction of sp³-hybridized carbons (Fsp3) is 0.217. The third kappa shape index (κ3) is 4.54. The molecule has 0 spiro atoms. The SMILES string of the molecule is O=C(Nc1cccc(CSc2ccccn2)c1)N1CCCC1c1ccccc1. The van der Waals surface area contributed by atoms with E-state index in [4.69, 9.17) is 0 Å². The zero-order valence-corrected chi connectivity index (χ0v) is 16.4. The highest BCUT2D eigenvalue weighted by molar-refractivity contribution is 7.98. The molecule has 5 heteroatoms. The molecule has 1 saturated heterocycles. The molecule has 1 atom stereocenters. The van der Waals surface area contributed by atoms with Crippen LogP contribution in [-0.4, -0.2) is 22.5 Å². The second-order valence-electron chi connectivity index (χ2n) is 6.85. The Morgan fingerprint density at radius 3 is 2.75 bits per heavy atom. The Kier molecular flexibility index (Phi) is 5.92. The van der Waals surface area contributed by atoms with Gasteiger partial charge in [0.25, 0.3) is 0 Å². The van der Waals surface area contributed by atoms with Crippen LogP contribution < -0.4 is 5.32 Å². The lowest BCUT2D eigenvalue weighted by Crippen LogP contribution is -2.34. The first-order valence-electron chi connectivity index (χ1n) is 9.55. The smallest absolute Gasteiger partial charge is 0.317 e. The number of carbonyl (C=O) groups is 1. The molecule has 2 heterocycles. The molecular formula is C23H23N3OS. The van der Waals surface area contributed by atoms with Crippen LogP contribution in [0.15, 0.2) is 84.0 Å². The van der Waals surface area contributed by atoms with Gasteiger partial charge in [-0.15, -0.1) is 11.8 Å². The highest BCUT2D eigenvalue weighted by Gasteiger charge is 2.29. The number of rotatable bonds is 5. The molecule has 28 heavy (non-hydrogen) atoms. The molecule has 4 nitrogen and oxygen atoms in total. The van der Waals surface area contributed by atoms with Gasteiger partial charge in [0.2, 0.25) is 0 Å². The number of urea groups is 1. The van der Waals surface area contributed by atoms with Gasteiger partial charge in [0.05, 0.1) is 11.1 Å². The van der Waals surface area contributed by atoms with E-state index in [-0.39, 0.29) is 12.1 Å². The van der Waals surface area contributed by atoms with Crippen molar-refractivity contribution in [1.29, 1.82) is 0 Å². The summed E-state index contributed by atoms with van der Waals surface area (Å²) in [5.74, 6) is 0.817. The monoisotopic (exact) mass is 389 g/mol. The predicted molar refractivity (Wildman–Crippen MR) is 114 cm³/mol. The van der Waals surface area contributed by atoms with E-state index in [0.717, 1.165) is 41.4 Å². The van der Waals surface area contributed by atoms with Gasteiger partial charge in [-0.2, -0.15) is 0 Å². The molecule has 0 radical (unpaired) electrons.